The number of ether oxygens (including phenoxy) is 1. The van der Waals surface area contributed by atoms with Crippen molar-refractivity contribution in [3.63, 3.8) is 0 Å². The molecule has 5 heteroatoms. The number of fused-ring (bicyclic) bond motifs is 1. The number of hydrogen-bond donors (Lipinski definition) is 2. The molecule has 2 aliphatic rings. The minimum atomic E-state index is -0.792. The number of carbonyl (C=O) groups excluding carboxylic acids is 1. The van der Waals surface area contributed by atoms with Gasteiger partial charge in [-0.05, 0) is 36.5 Å². The third kappa shape index (κ3) is 2.35. The summed E-state index contributed by atoms with van der Waals surface area (Å²) < 4.78 is 5.30. The lowest BCUT2D eigenvalue weighted by Crippen LogP contribution is -2.26. The quantitative estimate of drug-likeness (QED) is 0.888. The smallest absolute Gasteiger partial charge is 0.311 e. The van der Waals surface area contributed by atoms with E-state index >= 15 is 0 Å². The second-order valence-corrected chi connectivity index (χ2v) is 5.45. The van der Waals surface area contributed by atoms with Crippen molar-refractivity contribution in [1.82, 2.24) is 0 Å². The number of carboxylic acids is 1. The minimum Gasteiger partial charge on any atom is -0.482 e. The molecule has 1 heterocycles. The van der Waals surface area contributed by atoms with E-state index < -0.39 is 11.9 Å². The van der Waals surface area contributed by atoms with Gasteiger partial charge in [-0.15, -0.1) is 0 Å². The third-order valence-electron chi connectivity index (χ3n) is 4.13. The van der Waals surface area contributed by atoms with Gasteiger partial charge in [0.25, 0.3) is 5.91 Å². The molecule has 0 spiro atoms. The van der Waals surface area contributed by atoms with Gasteiger partial charge in [-0.25, -0.2) is 0 Å². The molecule has 1 amide bonds. The van der Waals surface area contributed by atoms with Crippen LogP contribution in [0.5, 0.6) is 5.75 Å². The number of anilines is 1. The van der Waals surface area contributed by atoms with E-state index in [4.69, 9.17) is 4.74 Å². The highest BCUT2D eigenvalue weighted by molar-refractivity contribution is 5.95. The Labute approximate surface area is 116 Å². The number of aliphatic carboxylic acids is 1. The first-order chi connectivity index (χ1) is 9.65. The monoisotopic (exact) mass is 275 g/mol. The Balaban J connectivity index is 1.93. The molecule has 1 unspecified atom stereocenters. The summed E-state index contributed by atoms with van der Waals surface area (Å²) in [7, 11) is 0. The number of carboxylic acid groups (broad SMARTS) is 1. The van der Waals surface area contributed by atoms with Gasteiger partial charge in [-0.3, -0.25) is 9.59 Å². The molecule has 1 fully saturated rings. The number of rotatable bonds is 3. The standard InChI is InChI=1S/C15H17NO4/c17-13-8-20-12-6-5-10(7-11(12)16-13)14(15(18)19)9-3-1-2-4-9/h5-7,9,14H,1-4,8H2,(H,16,17)(H,18,19). The van der Waals surface area contributed by atoms with E-state index in [1.54, 1.807) is 18.2 Å². The average Bonchev–Trinajstić information content (AvgIpc) is 2.91. The molecule has 2 N–H and O–H groups in total. The van der Waals surface area contributed by atoms with E-state index in [-0.39, 0.29) is 18.4 Å². The summed E-state index contributed by atoms with van der Waals surface area (Å²) >= 11 is 0. The highest BCUT2D eigenvalue weighted by atomic mass is 16.5. The van der Waals surface area contributed by atoms with Crippen molar-refractivity contribution in [2.75, 3.05) is 11.9 Å². The Bertz CT molecular complexity index is 549. The third-order valence-corrected chi connectivity index (χ3v) is 4.13. The fourth-order valence-electron chi connectivity index (χ4n) is 3.20. The van der Waals surface area contributed by atoms with Crippen LogP contribution in [0.1, 0.15) is 37.2 Å². The average molecular weight is 275 g/mol. The van der Waals surface area contributed by atoms with Crippen LogP contribution < -0.4 is 10.1 Å². The second kappa shape index (κ2) is 5.15. The predicted molar refractivity (Wildman–Crippen MR) is 72.9 cm³/mol. The van der Waals surface area contributed by atoms with Crippen LogP contribution in [0, 0.1) is 5.92 Å². The van der Waals surface area contributed by atoms with E-state index in [0.717, 1.165) is 31.2 Å². The van der Waals surface area contributed by atoms with E-state index in [9.17, 15) is 14.7 Å². The van der Waals surface area contributed by atoms with Crippen molar-refractivity contribution in [1.29, 1.82) is 0 Å². The summed E-state index contributed by atoms with van der Waals surface area (Å²) in [5.41, 5.74) is 1.32. The summed E-state index contributed by atoms with van der Waals surface area (Å²) in [6.07, 6.45) is 4.10. The van der Waals surface area contributed by atoms with E-state index in [0.29, 0.717) is 11.4 Å². The summed E-state index contributed by atoms with van der Waals surface area (Å²) in [6.45, 7) is 0.0112. The van der Waals surface area contributed by atoms with Gasteiger partial charge in [0.15, 0.2) is 6.61 Å². The highest BCUT2D eigenvalue weighted by Crippen LogP contribution is 2.40. The van der Waals surface area contributed by atoms with Crippen LogP contribution in [0.25, 0.3) is 0 Å². The second-order valence-electron chi connectivity index (χ2n) is 5.45. The summed E-state index contributed by atoms with van der Waals surface area (Å²) in [6, 6.07) is 5.28. The molecule has 1 aromatic carbocycles. The molecule has 3 rings (SSSR count). The molecule has 0 saturated heterocycles. The maximum absolute atomic E-state index is 11.6. The van der Waals surface area contributed by atoms with Crippen LogP contribution in [-0.2, 0) is 9.59 Å². The Hall–Kier alpha value is -2.04. The normalized spacial score (nSPS) is 19.9. The minimum absolute atomic E-state index is 0.0112. The zero-order chi connectivity index (χ0) is 14.1. The van der Waals surface area contributed by atoms with Crippen LogP contribution in [0.4, 0.5) is 5.69 Å². The Morgan fingerprint density at radius 2 is 2.10 bits per heavy atom. The van der Waals surface area contributed by atoms with Crippen LogP contribution in [0.15, 0.2) is 18.2 Å². The summed E-state index contributed by atoms with van der Waals surface area (Å²) in [4.78, 5) is 22.9. The first kappa shape index (κ1) is 13.0. The number of hydrogen-bond acceptors (Lipinski definition) is 3. The fraction of sp³-hybridized carbons (Fsp3) is 0.467. The van der Waals surface area contributed by atoms with Gasteiger partial charge >= 0.3 is 5.97 Å². The molecule has 1 aromatic rings. The number of benzene rings is 1. The maximum atomic E-state index is 11.6. The number of carbonyl (C=O) groups is 2. The molecule has 0 radical (unpaired) electrons. The fourth-order valence-corrected chi connectivity index (χ4v) is 3.20. The molecule has 5 nitrogen and oxygen atoms in total. The molecule has 1 aliphatic heterocycles. The Morgan fingerprint density at radius 3 is 2.80 bits per heavy atom. The van der Waals surface area contributed by atoms with Gasteiger partial charge in [-0.1, -0.05) is 18.9 Å². The Kier molecular flexibility index (Phi) is 3.34. The van der Waals surface area contributed by atoms with Gasteiger partial charge in [0.2, 0.25) is 0 Å². The lowest BCUT2D eigenvalue weighted by molar-refractivity contribution is -0.140. The van der Waals surface area contributed by atoms with Crippen molar-refractivity contribution in [3.8, 4) is 5.75 Å². The van der Waals surface area contributed by atoms with Gasteiger partial charge in [-0.2, -0.15) is 0 Å². The van der Waals surface area contributed by atoms with Crippen molar-refractivity contribution in [3.05, 3.63) is 23.8 Å². The van der Waals surface area contributed by atoms with Crippen molar-refractivity contribution in [2.45, 2.75) is 31.6 Å². The lowest BCUT2D eigenvalue weighted by Gasteiger charge is -2.23. The number of nitrogens with one attached hydrogen (secondary N) is 1. The summed E-state index contributed by atoms with van der Waals surface area (Å²) in [5, 5.41) is 12.3. The van der Waals surface area contributed by atoms with Crippen molar-refractivity contribution >= 4 is 17.6 Å². The molecular weight excluding hydrogens is 258 g/mol. The van der Waals surface area contributed by atoms with Crippen molar-refractivity contribution in [2.24, 2.45) is 5.92 Å². The first-order valence-corrected chi connectivity index (χ1v) is 6.94. The van der Waals surface area contributed by atoms with E-state index in [1.165, 1.54) is 0 Å². The Morgan fingerprint density at radius 1 is 1.35 bits per heavy atom. The molecule has 1 atom stereocenters. The van der Waals surface area contributed by atoms with Gasteiger partial charge in [0.1, 0.15) is 5.75 Å². The predicted octanol–water partition coefficient (Wildman–Crippen LogP) is 2.38. The lowest BCUT2D eigenvalue weighted by atomic mass is 9.84. The summed E-state index contributed by atoms with van der Waals surface area (Å²) in [5.74, 6) is -0.710. The topological polar surface area (TPSA) is 75.6 Å². The maximum Gasteiger partial charge on any atom is 0.311 e. The van der Waals surface area contributed by atoms with Gasteiger partial charge in [0, 0.05) is 0 Å². The molecular formula is C15H17NO4. The SMILES string of the molecule is O=C1COc2ccc(C(C(=O)O)C3CCCC3)cc2N1. The molecule has 1 aliphatic carbocycles. The van der Waals surface area contributed by atoms with Gasteiger partial charge in [0.05, 0.1) is 11.6 Å². The van der Waals surface area contributed by atoms with Crippen LogP contribution in [0.2, 0.25) is 0 Å². The molecule has 0 aromatic heterocycles. The van der Waals surface area contributed by atoms with Crippen LogP contribution in [-0.4, -0.2) is 23.6 Å². The zero-order valence-corrected chi connectivity index (χ0v) is 11.1. The molecule has 0 bridgehead atoms. The van der Waals surface area contributed by atoms with Crippen LogP contribution in [0.3, 0.4) is 0 Å². The largest absolute Gasteiger partial charge is 0.482 e. The van der Waals surface area contributed by atoms with E-state index in [1.807, 2.05) is 0 Å². The first-order valence-electron chi connectivity index (χ1n) is 6.94. The van der Waals surface area contributed by atoms with Crippen molar-refractivity contribution < 1.29 is 19.4 Å². The molecule has 1 saturated carbocycles. The van der Waals surface area contributed by atoms with E-state index in [2.05, 4.69) is 5.32 Å². The van der Waals surface area contributed by atoms with Gasteiger partial charge < -0.3 is 15.2 Å². The zero-order valence-electron chi connectivity index (χ0n) is 11.1. The molecule has 106 valence electrons. The van der Waals surface area contributed by atoms with Crippen LogP contribution >= 0.6 is 0 Å². The highest BCUT2D eigenvalue weighted by Gasteiger charge is 2.32. The molecule has 20 heavy (non-hydrogen) atoms. The number of amides is 1.